The number of nitrogens with one attached hydrogen (secondary N) is 2. The summed E-state index contributed by atoms with van der Waals surface area (Å²) >= 11 is 0. The number of carbonyl (C=O) groups is 3. The first-order chi connectivity index (χ1) is 34.7. The van der Waals surface area contributed by atoms with Crippen LogP contribution in [-0.2, 0) is 19.5 Å². The van der Waals surface area contributed by atoms with Crippen LogP contribution in [-0.4, -0.2) is 98.5 Å². The molecule has 2 N–H and O–H groups in total. The molecule has 0 spiro atoms. The standard InChI is InChI=1S/C58H62N8O6/c1-8-11-37-28-36(2)61-57(69)49(37)35-60-56(68)48-30-40(39-14-20-54(59-34-39)66-26-24-64(7)25-27-66)31-50-43(48)21-23-65(50)22-10-9-12-51(67)38-13-17-44(58(70)71)47(29-38)55-45-18-15-41(62(3)4)32-52(45)72-53-33-42(63(5)6)16-19-46(53)55/h13-21,23,28-34H,8-12,22,24-27,35H2,1-7H3,(H2-,60,61,68,69,70,71). The third-order valence-corrected chi connectivity index (χ3v) is 14.0. The number of aryl methyl sites for hydroxylation is 3. The normalized spacial score (nSPS) is 13.0. The van der Waals surface area contributed by atoms with Gasteiger partial charge in [-0.05, 0) is 111 Å². The van der Waals surface area contributed by atoms with Gasteiger partial charge in [0.25, 0.3) is 11.5 Å². The van der Waals surface area contributed by atoms with Crippen molar-refractivity contribution in [2.75, 3.05) is 71.2 Å². The van der Waals surface area contributed by atoms with E-state index in [2.05, 4.69) is 50.8 Å². The summed E-state index contributed by atoms with van der Waals surface area (Å²) in [5, 5.41) is 18.2. The smallest absolute Gasteiger partial charge is 0.253 e. The number of unbranched alkanes of at least 4 members (excludes halogenated alkanes) is 1. The first kappa shape index (κ1) is 49.2. The molecule has 2 aliphatic heterocycles. The first-order valence-electron chi connectivity index (χ1n) is 24.8. The molecule has 1 aliphatic carbocycles. The zero-order valence-corrected chi connectivity index (χ0v) is 42.2. The van der Waals surface area contributed by atoms with Gasteiger partial charge in [0, 0.05) is 151 Å². The lowest BCUT2D eigenvalue weighted by molar-refractivity contribution is -0.254. The molecule has 9 rings (SSSR count). The Morgan fingerprint density at radius 3 is 2.39 bits per heavy atom. The second-order valence-corrected chi connectivity index (χ2v) is 19.4. The Morgan fingerprint density at radius 1 is 0.861 bits per heavy atom. The minimum absolute atomic E-state index is 0.0209. The average Bonchev–Trinajstić information content (AvgIpc) is 3.78. The summed E-state index contributed by atoms with van der Waals surface area (Å²) in [6.07, 6.45) is 6.88. The van der Waals surface area contributed by atoms with Gasteiger partial charge in [0.1, 0.15) is 31.3 Å². The quantitative estimate of drug-likeness (QED) is 0.0433. The maximum absolute atomic E-state index is 14.3. The number of benzene rings is 4. The van der Waals surface area contributed by atoms with Crippen LogP contribution < -0.4 is 35.7 Å². The van der Waals surface area contributed by atoms with Gasteiger partial charge in [0.05, 0.1) is 12.0 Å². The molecule has 0 atom stereocenters. The van der Waals surface area contributed by atoms with E-state index in [1.165, 1.54) is 6.07 Å². The molecule has 6 aromatic rings. The fourth-order valence-electron chi connectivity index (χ4n) is 9.89. The Balaban J connectivity index is 0.988. The molecule has 14 heteroatoms. The highest BCUT2D eigenvalue weighted by atomic mass is 16.4. The summed E-state index contributed by atoms with van der Waals surface area (Å²) in [6.45, 7) is 8.32. The minimum Gasteiger partial charge on any atom is -0.545 e. The summed E-state index contributed by atoms with van der Waals surface area (Å²) < 4.78 is 10.6. The van der Waals surface area contributed by atoms with Gasteiger partial charge in [-0.2, -0.15) is 0 Å². The van der Waals surface area contributed by atoms with E-state index in [0.717, 1.165) is 89.2 Å². The highest BCUT2D eigenvalue weighted by molar-refractivity contribution is 6.10. The zero-order chi connectivity index (χ0) is 50.8. The van der Waals surface area contributed by atoms with Crippen molar-refractivity contribution in [3.8, 4) is 33.6 Å². The summed E-state index contributed by atoms with van der Waals surface area (Å²) in [7, 11) is 9.90. The largest absolute Gasteiger partial charge is 0.545 e. The topological polar surface area (TPSA) is 163 Å². The SMILES string of the molecule is CCCc1cc(C)[nH]c(=O)c1CNC(=O)c1cc(-c2ccc(N3CCN(C)CC3)nc2)cc2c1ccn2CCCCC(=O)c1ccc(C(=O)[O-])c(-c2c3ccc(=[N+](C)C)cc-3oc3cc(N(C)C)ccc23)c1. The van der Waals surface area contributed by atoms with E-state index in [9.17, 15) is 24.3 Å². The van der Waals surface area contributed by atoms with Gasteiger partial charge in [-0.1, -0.05) is 25.5 Å². The molecule has 3 aliphatic rings. The predicted octanol–water partition coefficient (Wildman–Crippen LogP) is 7.37. The number of carboxylic acids is 1. The lowest BCUT2D eigenvalue weighted by Crippen LogP contribution is -2.44. The molecular formula is C58H62N8O6. The number of likely N-dealkylation sites (N-methyl/N-ethyl adjacent to an activating group) is 1. The number of pyridine rings is 2. The van der Waals surface area contributed by atoms with Crippen molar-refractivity contribution in [1.82, 2.24) is 29.3 Å². The van der Waals surface area contributed by atoms with Gasteiger partial charge in [-0.3, -0.25) is 14.4 Å². The third kappa shape index (κ3) is 10.2. The van der Waals surface area contributed by atoms with Crippen LogP contribution in [0.25, 0.3) is 55.4 Å². The van der Waals surface area contributed by atoms with Crippen molar-refractivity contribution in [3.05, 3.63) is 153 Å². The van der Waals surface area contributed by atoms with Gasteiger partial charge in [-0.15, -0.1) is 0 Å². The number of hydrogen-bond donors (Lipinski definition) is 2. The molecule has 5 heterocycles. The molecule has 0 bridgehead atoms. The van der Waals surface area contributed by atoms with Crippen molar-refractivity contribution in [2.45, 2.75) is 59.0 Å². The monoisotopic (exact) mass is 966 g/mol. The minimum atomic E-state index is -1.34. The Bertz CT molecular complexity index is 3460. The van der Waals surface area contributed by atoms with E-state index >= 15 is 0 Å². The van der Waals surface area contributed by atoms with Crippen LogP contribution in [0, 0.1) is 6.92 Å². The van der Waals surface area contributed by atoms with E-state index in [1.807, 2.05) is 118 Å². The van der Waals surface area contributed by atoms with Gasteiger partial charge in [0.2, 0.25) is 5.36 Å². The van der Waals surface area contributed by atoms with E-state index in [0.29, 0.717) is 69.5 Å². The van der Waals surface area contributed by atoms with Crippen molar-refractivity contribution in [1.29, 1.82) is 0 Å². The van der Waals surface area contributed by atoms with Gasteiger partial charge in [-0.25, -0.2) is 9.56 Å². The molecule has 1 fully saturated rings. The molecule has 370 valence electrons. The van der Waals surface area contributed by atoms with Crippen LogP contribution >= 0.6 is 0 Å². The van der Waals surface area contributed by atoms with Gasteiger partial charge < -0.3 is 43.9 Å². The number of hydrogen-bond acceptors (Lipinski definition) is 10. The number of aromatic carboxylic acids is 1. The fourth-order valence-corrected chi connectivity index (χ4v) is 9.89. The molecule has 3 aromatic heterocycles. The molecule has 0 radical (unpaired) electrons. The second kappa shape index (κ2) is 20.9. The van der Waals surface area contributed by atoms with Crippen molar-refractivity contribution >= 4 is 51.0 Å². The fraction of sp³-hybridized carbons (Fsp3) is 0.310. The van der Waals surface area contributed by atoms with Crippen LogP contribution in [0.5, 0.6) is 0 Å². The highest BCUT2D eigenvalue weighted by Gasteiger charge is 2.24. The number of ketones is 1. The van der Waals surface area contributed by atoms with Crippen LogP contribution in [0.3, 0.4) is 0 Å². The van der Waals surface area contributed by atoms with E-state index in [-0.39, 0.29) is 35.8 Å². The number of aromatic nitrogens is 3. The highest BCUT2D eigenvalue weighted by Crippen LogP contribution is 2.42. The molecule has 0 unspecified atom stereocenters. The van der Waals surface area contributed by atoms with E-state index < -0.39 is 5.97 Å². The maximum Gasteiger partial charge on any atom is 0.253 e. The zero-order valence-electron chi connectivity index (χ0n) is 42.2. The number of Topliss-reactive ketones (excluding diaryl/α,β-unsaturated/α-hetero) is 1. The summed E-state index contributed by atoms with van der Waals surface area (Å²) in [5.74, 6) is -0.252. The summed E-state index contributed by atoms with van der Waals surface area (Å²) in [5.41, 5.74) is 8.74. The van der Waals surface area contributed by atoms with Crippen LogP contribution in [0.1, 0.15) is 80.5 Å². The maximum atomic E-state index is 14.3. The Morgan fingerprint density at radius 2 is 1.67 bits per heavy atom. The van der Waals surface area contributed by atoms with Crippen molar-refractivity contribution in [2.24, 2.45) is 0 Å². The predicted molar refractivity (Wildman–Crippen MR) is 284 cm³/mol. The molecule has 1 saturated heterocycles. The van der Waals surface area contributed by atoms with Crippen LogP contribution in [0.15, 0.2) is 113 Å². The average molecular weight is 967 g/mol. The first-order valence-corrected chi connectivity index (χ1v) is 24.8. The van der Waals surface area contributed by atoms with Gasteiger partial charge in [0.15, 0.2) is 5.78 Å². The van der Waals surface area contributed by atoms with Crippen LogP contribution in [0.2, 0.25) is 0 Å². The second-order valence-electron chi connectivity index (χ2n) is 19.4. The molecular weight excluding hydrogens is 905 g/mol. The van der Waals surface area contributed by atoms with Gasteiger partial charge >= 0.3 is 0 Å². The molecule has 0 saturated carbocycles. The number of carboxylic acid groups (broad SMARTS) is 1. The van der Waals surface area contributed by atoms with E-state index in [4.69, 9.17) is 9.40 Å². The van der Waals surface area contributed by atoms with Crippen LogP contribution in [0.4, 0.5) is 11.5 Å². The number of aromatic amines is 1. The van der Waals surface area contributed by atoms with E-state index in [1.54, 1.807) is 12.1 Å². The summed E-state index contributed by atoms with van der Waals surface area (Å²) in [4.78, 5) is 68.6. The lowest BCUT2D eigenvalue weighted by Gasteiger charge is -2.33. The number of amides is 1. The molecule has 1 amide bonds. The number of anilines is 2. The molecule has 72 heavy (non-hydrogen) atoms. The molecule has 14 nitrogen and oxygen atoms in total. The summed E-state index contributed by atoms with van der Waals surface area (Å²) in [6, 6.07) is 28.4. The number of H-pyrrole nitrogens is 1. The number of carbonyl (C=O) groups excluding carboxylic acids is 3. The number of fused-ring (bicyclic) bond motifs is 3. The van der Waals surface area contributed by atoms with Crippen molar-refractivity contribution < 1.29 is 23.9 Å². The van der Waals surface area contributed by atoms with Crippen molar-refractivity contribution in [3.63, 3.8) is 0 Å². The Labute approximate surface area is 419 Å². The third-order valence-electron chi connectivity index (χ3n) is 14.0. The Kier molecular flexibility index (Phi) is 14.2. The number of nitrogens with zero attached hydrogens (tertiary/aromatic N) is 6. The number of piperazine rings is 1. The number of rotatable bonds is 16. The Hall–Kier alpha value is -7.84. The molecule has 3 aromatic carbocycles. The lowest BCUT2D eigenvalue weighted by atomic mass is 9.88.